The number of aryl methyl sites for hydroxylation is 2. The summed E-state index contributed by atoms with van der Waals surface area (Å²) < 4.78 is 5.22. The predicted molar refractivity (Wildman–Crippen MR) is 105 cm³/mol. The van der Waals surface area contributed by atoms with E-state index in [0.717, 1.165) is 18.4 Å². The number of benzene rings is 1. The zero-order valence-corrected chi connectivity index (χ0v) is 16.6. The van der Waals surface area contributed by atoms with Crippen molar-refractivity contribution in [2.24, 2.45) is 0 Å². The monoisotopic (exact) mass is 387 g/mol. The summed E-state index contributed by atoms with van der Waals surface area (Å²) in [5.41, 5.74) is 2.46. The molecule has 2 aliphatic rings. The minimum absolute atomic E-state index is 0.103. The lowest BCUT2D eigenvalue weighted by molar-refractivity contribution is -0.155. The number of carbonyl (C=O) groups is 3. The molecule has 1 aromatic rings. The first-order chi connectivity index (χ1) is 13.6. The van der Waals surface area contributed by atoms with E-state index < -0.39 is 11.8 Å². The first-order valence-corrected chi connectivity index (χ1v) is 10.1. The molecule has 0 spiro atoms. The van der Waals surface area contributed by atoms with Crippen LogP contribution in [0.1, 0.15) is 24.5 Å². The topological polar surface area (TPSA) is 70.2 Å². The van der Waals surface area contributed by atoms with E-state index in [1.54, 1.807) is 14.7 Å². The molecular weight excluding hydrogens is 358 g/mol. The summed E-state index contributed by atoms with van der Waals surface area (Å²) in [6.45, 7) is 5.77. The molecule has 0 saturated carbocycles. The van der Waals surface area contributed by atoms with Gasteiger partial charge in [0.25, 0.3) is 0 Å². The van der Waals surface area contributed by atoms with Gasteiger partial charge in [-0.05, 0) is 24.0 Å². The Morgan fingerprint density at radius 3 is 1.86 bits per heavy atom. The van der Waals surface area contributed by atoms with Crippen molar-refractivity contribution in [3.8, 4) is 0 Å². The summed E-state index contributed by atoms with van der Waals surface area (Å²) in [6.07, 6.45) is 2.19. The Kier molecular flexibility index (Phi) is 7.03. The maximum atomic E-state index is 12.5. The Balaban J connectivity index is 1.42. The van der Waals surface area contributed by atoms with E-state index in [9.17, 15) is 14.4 Å². The Morgan fingerprint density at radius 2 is 1.29 bits per heavy atom. The average Bonchev–Trinajstić information content (AvgIpc) is 2.77. The van der Waals surface area contributed by atoms with Crippen LogP contribution >= 0.6 is 0 Å². The molecule has 0 N–H and O–H groups in total. The first-order valence-electron chi connectivity index (χ1n) is 10.1. The van der Waals surface area contributed by atoms with Crippen LogP contribution in [-0.2, 0) is 32.0 Å². The molecule has 2 saturated heterocycles. The van der Waals surface area contributed by atoms with Gasteiger partial charge in [0.1, 0.15) is 0 Å². The fourth-order valence-electron chi connectivity index (χ4n) is 3.55. The molecule has 3 amide bonds. The number of piperazine rings is 1. The van der Waals surface area contributed by atoms with Crippen LogP contribution in [0.15, 0.2) is 24.3 Å². The molecule has 0 radical (unpaired) electrons. The molecule has 2 fully saturated rings. The third-order valence-corrected chi connectivity index (χ3v) is 5.46. The fourth-order valence-corrected chi connectivity index (χ4v) is 3.55. The van der Waals surface area contributed by atoms with E-state index in [1.165, 1.54) is 5.56 Å². The van der Waals surface area contributed by atoms with Gasteiger partial charge in [0.05, 0.1) is 13.2 Å². The molecule has 2 aliphatic heterocycles. The lowest BCUT2D eigenvalue weighted by Gasteiger charge is -2.36. The molecule has 0 bridgehead atoms. The molecule has 0 aromatic heterocycles. The summed E-state index contributed by atoms with van der Waals surface area (Å²) in [5, 5.41) is 0. The molecule has 0 unspecified atom stereocenters. The number of morpholine rings is 1. The molecule has 28 heavy (non-hydrogen) atoms. The van der Waals surface area contributed by atoms with Gasteiger partial charge in [-0.1, -0.05) is 31.2 Å². The van der Waals surface area contributed by atoms with Crippen molar-refractivity contribution in [3.05, 3.63) is 35.4 Å². The fraction of sp³-hybridized carbons (Fsp3) is 0.571. The van der Waals surface area contributed by atoms with Crippen LogP contribution in [0, 0.1) is 0 Å². The van der Waals surface area contributed by atoms with Crippen molar-refractivity contribution >= 4 is 17.7 Å². The Bertz CT molecular complexity index is 690. The SMILES string of the molecule is CCc1ccc(CCC(=O)N2CCN(C(=O)C(=O)N3CCOCC3)CC2)cc1. The highest BCUT2D eigenvalue weighted by Crippen LogP contribution is 2.11. The third-order valence-electron chi connectivity index (χ3n) is 5.46. The third kappa shape index (κ3) is 5.10. The highest BCUT2D eigenvalue weighted by molar-refractivity contribution is 6.34. The van der Waals surface area contributed by atoms with E-state index in [-0.39, 0.29) is 5.91 Å². The van der Waals surface area contributed by atoms with Gasteiger partial charge in [0.15, 0.2) is 0 Å². The highest BCUT2D eigenvalue weighted by Gasteiger charge is 2.31. The number of carbonyl (C=O) groups excluding carboxylic acids is 3. The molecule has 0 atom stereocenters. The maximum Gasteiger partial charge on any atom is 0.312 e. The normalized spacial score (nSPS) is 17.5. The lowest BCUT2D eigenvalue weighted by Crippen LogP contribution is -2.55. The predicted octanol–water partition coefficient (Wildman–Crippen LogP) is 0.711. The van der Waals surface area contributed by atoms with Gasteiger partial charge < -0.3 is 19.4 Å². The molecule has 1 aromatic carbocycles. The van der Waals surface area contributed by atoms with Crippen molar-refractivity contribution in [2.45, 2.75) is 26.2 Å². The summed E-state index contributed by atoms with van der Waals surface area (Å²) in [4.78, 5) is 42.1. The van der Waals surface area contributed by atoms with Crippen molar-refractivity contribution < 1.29 is 19.1 Å². The number of hydrogen-bond donors (Lipinski definition) is 0. The molecule has 7 nitrogen and oxygen atoms in total. The second-order valence-electron chi connectivity index (χ2n) is 7.25. The van der Waals surface area contributed by atoms with Crippen LogP contribution in [0.25, 0.3) is 0 Å². The summed E-state index contributed by atoms with van der Waals surface area (Å²) >= 11 is 0. The van der Waals surface area contributed by atoms with Crippen LogP contribution in [-0.4, -0.2) is 84.9 Å². The number of rotatable bonds is 4. The van der Waals surface area contributed by atoms with Crippen LogP contribution in [0.3, 0.4) is 0 Å². The minimum atomic E-state index is -0.468. The molecule has 0 aliphatic carbocycles. The largest absolute Gasteiger partial charge is 0.378 e. The molecule has 2 heterocycles. The average molecular weight is 387 g/mol. The molecule has 3 rings (SSSR count). The summed E-state index contributed by atoms with van der Waals surface area (Å²) in [7, 11) is 0. The van der Waals surface area contributed by atoms with Crippen molar-refractivity contribution in [1.82, 2.24) is 14.7 Å². The highest BCUT2D eigenvalue weighted by atomic mass is 16.5. The number of amides is 3. The lowest BCUT2D eigenvalue weighted by atomic mass is 10.1. The van der Waals surface area contributed by atoms with E-state index in [0.29, 0.717) is 58.9 Å². The van der Waals surface area contributed by atoms with Gasteiger partial charge in [-0.25, -0.2) is 0 Å². The summed E-state index contributed by atoms with van der Waals surface area (Å²) in [6, 6.07) is 8.38. The van der Waals surface area contributed by atoms with Crippen molar-refractivity contribution in [3.63, 3.8) is 0 Å². The van der Waals surface area contributed by atoms with Gasteiger partial charge in [-0.15, -0.1) is 0 Å². The smallest absolute Gasteiger partial charge is 0.312 e. The van der Waals surface area contributed by atoms with Crippen LogP contribution in [0.2, 0.25) is 0 Å². The second kappa shape index (κ2) is 9.68. The zero-order chi connectivity index (χ0) is 19.9. The quantitative estimate of drug-likeness (QED) is 0.714. The van der Waals surface area contributed by atoms with Crippen LogP contribution < -0.4 is 0 Å². The Morgan fingerprint density at radius 1 is 0.786 bits per heavy atom. The minimum Gasteiger partial charge on any atom is -0.378 e. The summed E-state index contributed by atoms with van der Waals surface area (Å²) in [5.74, 6) is -0.824. The van der Waals surface area contributed by atoms with Crippen molar-refractivity contribution in [1.29, 1.82) is 0 Å². The van der Waals surface area contributed by atoms with Gasteiger partial charge in [0.2, 0.25) is 5.91 Å². The number of nitrogens with zero attached hydrogens (tertiary/aromatic N) is 3. The molecule has 7 heteroatoms. The van der Waals surface area contributed by atoms with Gasteiger partial charge in [-0.3, -0.25) is 14.4 Å². The molecular formula is C21H29N3O4. The second-order valence-corrected chi connectivity index (χ2v) is 7.25. The Labute approximate surface area is 166 Å². The van der Waals surface area contributed by atoms with Crippen LogP contribution in [0.4, 0.5) is 0 Å². The van der Waals surface area contributed by atoms with Gasteiger partial charge >= 0.3 is 11.8 Å². The Hall–Kier alpha value is -2.41. The molecule has 152 valence electrons. The number of ether oxygens (including phenoxy) is 1. The van der Waals surface area contributed by atoms with E-state index in [1.807, 2.05) is 0 Å². The van der Waals surface area contributed by atoms with Crippen LogP contribution in [0.5, 0.6) is 0 Å². The van der Waals surface area contributed by atoms with Gasteiger partial charge in [0, 0.05) is 45.7 Å². The van der Waals surface area contributed by atoms with Crippen molar-refractivity contribution in [2.75, 3.05) is 52.5 Å². The zero-order valence-electron chi connectivity index (χ0n) is 16.6. The number of hydrogen-bond acceptors (Lipinski definition) is 4. The van der Waals surface area contributed by atoms with E-state index in [4.69, 9.17) is 4.74 Å². The van der Waals surface area contributed by atoms with E-state index >= 15 is 0 Å². The standard InChI is InChI=1S/C21H29N3O4/c1-2-17-3-5-18(6-4-17)7-8-19(25)22-9-11-23(12-10-22)20(26)21(27)24-13-15-28-16-14-24/h3-6H,2,7-16H2,1H3. The van der Waals surface area contributed by atoms with E-state index in [2.05, 4.69) is 31.2 Å². The maximum absolute atomic E-state index is 12.5. The van der Waals surface area contributed by atoms with Gasteiger partial charge in [-0.2, -0.15) is 0 Å². The first kappa shape index (κ1) is 20.3.